The van der Waals surface area contributed by atoms with Gasteiger partial charge in [-0.25, -0.2) is 0 Å². The summed E-state index contributed by atoms with van der Waals surface area (Å²) in [6, 6.07) is 0.203. The molecule has 7 heteroatoms. The van der Waals surface area contributed by atoms with Crippen molar-refractivity contribution in [3.63, 3.8) is 0 Å². The number of morpholine rings is 1. The number of amides is 2. The number of hydrogen-bond acceptors (Lipinski definition) is 4. The number of ether oxygens (including phenoxy) is 1. The molecule has 2 aliphatic heterocycles. The average Bonchev–Trinajstić information content (AvgIpc) is 2.55. The van der Waals surface area contributed by atoms with Crippen LogP contribution in [0, 0.1) is 5.92 Å². The van der Waals surface area contributed by atoms with Crippen LogP contribution < -0.4 is 10.6 Å². The first-order valence-electron chi connectivity index (χ1n) is 8.53. The Labute approximate surface area is 145 Å². The van der Waals surface area contributed by atoms with Gasteiger partial charge >= 0.3 is 0 Å². The van der Waals surface area contributed by atoms with Gasteiger partial charge in [0.15, 0.2) is 0 Å². The maximum atomic E-state index is 12.5. The van der Waals surface area contributed by atoms with Crippen molar-refractivity contribution in [2.45, 2.75) is 51.7 Å². The van der Waals surface area contributed by atoms with Crippen LogP contribution in [0.1, 0.15) is 39.5 Å². The zero-order chi connectivity index (χ0) is 15.9. The van der Waals surface area contributed by atoms with E-state index in [1.54, 1.807) is 4.90 Å². The van der Waals surface area contributed by atoms with Crippen LogP contribution in [0.5, 0.6) is 0 Å². The number of likely N-dealkylation sites (tertiary alicyclic amines) is 1. The highest BCUT2D eigenvalue weighted by atomic mass is 35.5. The van der Waals surface area contributed by atoms with Crippen molar-refractivity contribution in [3.05, 3.63) is 0 Å². The van der Waals surface area contributed by atoms with Gasteiger partial charge in [0.05, 0.1) is 12.5 Å². The fourth-order valence-corrected chi connectivity index (χ4v) is 3.18. The smallest absolute Gasteiger partial charge is 0.253 e. The van der Waals surface area contributed by atoms with Gasteiger partial charge in [0.1, 0.15) is 6.10 Å². The zero-order valence-corrected chi connectivity index (χ0v) is 15.0. The van der Waals surface area contributed by atoms with Crippen molar-refractivity contribution >= 4 is 24.2 Å². The third-order valence-corrected chi connectivity index (χ3v) is 4.42. The van der Waals surface area contributed by atoms with E-state index in [2.05, 4.69) is 17.6 Å². The van der Waals surface area contributed by atoms with Crippen LogP contribution in [0.3, 0.4) is 0 Å². The minimum atomic E-state index is -0.394. The molecule has 0 bridgehead atoms. The summed E-state index contributed by atoms with van der Waals surface area (Å²) in [5.74, 6) is 0.0148. The van der Waals surface area contributed by atoms with Gasteiger partial charge < -0.3 is 20.3 Å². The van der Waals surface area contributed by atoms with E-state index < -0.39 is 6.10 Å². The predicted octanol–water partition coefficient (Wildman–Crippen LogP) is 0.940. The van der Waals surface area contributed by atoms with E-state index in [1.165, 1.54) is 0 Å². The van der Waals surface area contributed by atoms with Crippen molar-refractivity contribution in [1.82, 2.24) is 15.5 Å². The number of halogens is 1. The minimum absolute atomic E-state index is 0. The van der Waals surface area contributed by atoms with E-state index in [0.29, 0.717) is 19.7 Å². The second-order valence-electron chi connectivity index (χ2n) is 6.39. The van der Waals surface area contributed by atoms with E-state index in [4.69, 9.17) is 4.74 Å². The maximum Gasteiger partial charge on any atom is 0.253 e. The molecule has 0 aromatic carbocycles. The summed E-state index contributed by atoms with van der Waals surface area (Å²) >= 11 is 0. The van der Waals surface area contributed by atoms with Gasteiger partial charge in [-0.15, -0.1) is 12.4 Å². The van der Waals surface area contributed by atoms with Gasteiger partial charge in [0.25, 0.3) is 5.91 Å². The lowest BCUT2D eigenvalue weighted by atomic mass is 9.96. The number of piperidine rings is 1. The molecule has 0 radical (unpaired) electrons. The molecular weight excluding hydrogens is 318 g/mol. The highest BCUT2D eigenvalue weighted by Crippen LogP contribution is 2.18. The number of carbonyl (C=O) groups is 2. The molecule has 2 heterocycles. The molecule has 3 atom stereocenters. The van der Waals surface area contributed by atoms with Crippen molar-refractivity contribution in [2.75, 3.05) is 32.8 Å². The minimum Gasteiger partial charge on any atom is -0.366 e. The topological polar surface area (TPSA) is 70.7 Å². The average molecular weight is 348 g/mol. The van der Waals surface area contributed by atoms with Crippen molar-refractivity contribution in [3.8, 4) is 0 Å². The van der Waals surface area contributed by atoms with Gasteiger partial charge in [-0.3, -0.25) is 9.59 Å². The van der Waals surface area contributed by atoms with Gasteiger partial charge in [-0.2, -0.15) is 0 Å². The molecule has 2 N–H and O–H groups in total. The van der Waals surface area contributed by atoms with E-state index in [1.807, 2.05) is 6.92 Å². The molecule has 2 rings (SSSR count). The van der Waals surface area contributed by atoms with Crippen LogP contribution in [0.2, 0.25) is 0 Å². The molecule has 2 aliphatic rings. The second-order valence-corrected chi connectivity index (χ2v) is 6.39. The van der Waals surface area contributed by atoms with Crippen molar-refractivity contribution < 1.29 is 14.3 Å². The second kappa shape index (κ2) is 10.1. The van der Waals surface area contributed by atoms with Crippen LogP contribution in [0.4, 0.5) is 0 Å². The summed E-state index contributed by atoms with van der Waals surface area (Å²) < 4.78 is 5.53. The molecule has 0 aromatic heterocycles. The lowest BCUT2D eigenvalue weighted by molar-refractivity contribution is -0.148. The molecule has 0 aromatic rings. The Kier molecular flexibility index (Phi) is 8.87. The Morgan fingerprint density at radius 3 is 2.87 bits per heavy atom. The summed E-state index contributed by atoms with van der Waals surface area (Å²) in [4.78, 5) is 26.6. The van der Waals surface area contributed by atoms with E-state index in [0.717, 1.165) is 38.8 Å². The van der Waals surface area contributed by atoms with E-state index in [-0.39, 0.29) is 36.2 Å². The Hall–Kier alpha value is -0.850. The van der Waals surface area contributed by atoms with Gasteiger partial charge in [0.2, 0.25) is 5.91 Å². The molecule has 0 saturated carbocycles. The molecule has 0 aliphatic carbocycles. The summed E-state index contributed by atoms with van der Waals surface area (Å²) in [6.45, 7) is 7.33. The predicted molar refractivity (Wildman–Crippen MR) is 91.7 cm³/mol. The van der Waals surface area contributed by atoms with E-state index in [9.17, 15) is 9.59 Å². The molecule has 2 amide bonds. The fraction of sp³-hybridized carbons (Fsp3) is 0.875. The SMILES string of the molecule is CCCC(C)NC(=O)C1CCCN(C(=O)C2CNCCO2)C1.Cl. The van der Waals surface area contributed by atoms with Gasteiger partial charge in [0, 0.05) is 32.2 Å². The first kappa shape index (κ1) is 20.2. The third-order valence-electron chi connectivity index (χ3n) is 4.42. The lowest BCUT2D eigenvalue weighted by Gasteiger charge is -2.35. The number of hydrogen-bond donors (Lipinski definition) is 2. The molecule has 0 spiro atoms. The summed E-state index contributed by atoms with van der Waals surface area (Å²) in [5, 5.41) is 6.25. The Balaban J connectivity index is 0.00000264. The Morgan fingerprint density at radius 1 is 1.43 bits per heavy atom. The zero-order valence-electron chi connectivity index (χ0n) is 14.2. The third kappa shape index (κ3) is 5.94. The standard InChI is InChI=1S/C16H29N3O3.ClH/c1-3-5-12(2)18-15(20)13-6-4-8-19(11-13)16(21)14-10-17-7-9-22-14;/h12-14,17H,3-11H2,1-2H3,(H,18,20);1H. The van der Waals surface area contributed by atoms with E-state index >= 15 is 0 Å². The molecule has 23 heavy (non-hydrogen) atoms. The number of nitrogens with one attached hydrogen (secondary N) is 2. The summed E-state index contributed by atoms with van der Waals surface area (Å²) in [7, 11) is 0. The molecule has 3 unspecified atom stereocenters. The maximum absolute atomic E-state index is 12.5. The number of carbonyl (C=O) groups excluding carboxylic acids is 2. The fourth-order valence-electron chi connectivity index (χ4n) is 3.18. The molecular formula is C16H30ClN3O3. The van der Waals surface area contributed by atoms with Crippen molar-refractivity contribution in [1.29, 1.82) is 0 Å². The molecule has 2 saturated heterocycles. The summed E-state index contributed by atoms with van der Waals surface area (Å²) in [6.07, 6.45) is 3.39. The van der Waals surface area contributed by atoms with Gasteiger partial charge in [-0.05, 0) is 26.2 Å². The normalized spacial score (nSPS) is 26.1. The molecule has 6 nitrogen and oxygen atoms in total. The molecule has 134 valence electrons. The van der Waals surface area contributed by atoms with Crippen LogP contribution in [0.25, 0.3) is 0 Å². The van der Waals surface area contributed by atoms with Crippen molar-refractivity contribution in [2.24, 2.45) is 5.92 Å². The molecule has 2 fully saturated rings. The van der Waals surface area contributed by atoms with Crippen LogP contribution in [0.15, 0.2) is 0 Å². The first-order chi connectivity index (χ1) is 10.6. The quantitative estimate of drug-likeness (QED) is 0.776. The Morgan fingerprint density at radius 2 is 2.22 bits per heavy atom. The number of rotatable bonds is 5. The first-order valence-corrected chi connectivity index (χ1v) is 8.53. The Bertz CT molecular complexity index is 389. The van der Waals surface area contributed by atoms with Crippen LogP contribution >= 0.6 is 12.4 Å². The summed E-state index contributed by atoms with van der Waals surface area (Å²) in [5.41, 5.74) is 0. The lowest BCUT2D eigenvalue weighted by Crippen LogP contribution is -2.53. The monoisotopic (exact) mass is 347 g/mol. The highest BCUT2D eigenvalue weighted by Gasteiger charge is 2.33. The highest BCUT2D eigenvalue weighted by molar-refractivity contribution is 5.85. The van der Waals surface area contributed by atoms with Gasteiger partial charge in [-0.1, -0.05) is 13.3 Å². The number of nitrogens with zero attached hydrogens (tertiary/aromatic N) is 1. The van der Waals surface area contributed by atoms with Crippen LogP contribution in [-0.2, 0) is 14.3 Å². The van der Waals surface area contributed by atoms with Crippen LogP contribution in [-0.4, -0.2) is 61.6 Å². The largest absolute Gasteiger partial charge is 0.366 e.